The third-order valence-corrected chi connectivity index (χ3v) is 5.47. The smallest absolute Gasteiger partial charge is 0.432 e. The van der Waals surface area contributed by atoms with Gasteiger partial charge in [0.05, 0.1) is 4.47 Å². The van der Waals surface area contributed by atoms with Gasteiger partial charge in [-0.3, -0.25) is 0 Å². The molecule has 0 saturated heterocycles. The predicted octanol–water partition coefficient (Wildman–Crippen LogP) is 5.03. The van der Waals surface area contributed by atoms with Crippen LogP contribution in [-0.4, -0.2) is 24.0 Å². The number of hydrogen-bond acceptors (Lipinski definition) is 3. The van der Waals surface area contributed by atoms with E-state index in [-0.39, 0.29) is 11.5 Å². The molecule has 0 amide bonds. The first kappa shape index (κ1) is 18.0. The number of benzene rings is 1. The van der Waals surface area contributed by atoms with Crippen molar-refractivity contribution in [2.75, 3.05) is 19.0 Å². The lowest BCUT2D eigenvalue weighted by molar-refractivity contribution is -0.156. The molecule has 1 aromatic carbocycles. The summed E-state index contributed by atoms with van der Waals surface area (Å²) in [5.41, 5.74) is 3.39. The second-order valence-corrected chi connectivity index (χ2v) is 7.18. The maximum Gasteiger partial charge on any atom is 0.468 e. The topological polar surface area (TPSA) is 38.1 Å². The van der Waals surface area contributed by atoms with Crippen LogP contribution in [0.5, 0.6) is 0 Å². The highest BCUT2D eigenvalue weighted by molar-refractivity contribution is 9.10. The predicted molar refractivity (Wildman–Crippen MR) is 90.7 cm³/mol. The van der Waals surface area contributed by atoms with Crippen molar-refractivity contribution in [1.82, 2.24) is 10.3 Å². The van der Waals surface area contributed by atoms with Gasteiger partial charge in [-0.15, -0.1) is 11.6 Å². The van der Waals surface area contributed by atoms with E-state index in [0.29, 0.717) is 22.3 Å². The SMILES string of the molecule is CC(CCCl)c1c2c(c(Br)c3oc(C(F)(F)F)nc13)CCNCC2. The summed E-state index contributed by atoms with van der Waals surface area (Å²) in [5.74, 6) is -0.748. The van der Waals surface area contributed by atoms with E-state index in [2.05, 4.69) is 26.2 Å². The van der Waals surface area contributed by atoms with Gasteiger partial charge in [0.1, 0.15) is 5.52 Å². The van der Waals surface area contributed by atoms with E-state index in [0.717, 1.165) is 42.6 Å². The van der Waals surface area contributed by atoms with Gasteiger partial charge < -0.3 is 9.73 Å². The summed E-state index contributed by atoms with van der Waals surface area (Å²) >= 11 is 9.33. The van der Waals surface area contributed by atoms with E-state index in [1.165, 1.54) is 0 Å². The molecule has 0 bridgehead atoms. The van der Waals surface area contributed by atoms with Crippen molar-refractivity contribution in [2.24, 2.45) is 0 Å². The highest BCUT2D eigenvalue weighted by Crippen LogP contribution is 2.42. The van der Waals surface area contributed by atoms with Crippen LogP contribution in [0.15, 0.2) is 8.89 Å². The molecule has 3 rings (SSSR count). The molecular formula is C16H17BrClF3N2O. The summed E-state index contributed by atoms with van der Waals surface area (Å²) in [7, 11) is 0. The minimum Gasteiger partial charge on any atom is -0.432 e. The molecule has 0 spiro atoms. The van der Waals surface area contributed by atoms with Crippen molar-refractivity contribution in [2.45, 2.75) is 38.3 Å². The van der Waals surface area contributed by atoms with Crippen LogP contribution in [0, 0.1) is 0 Å². The zero-order valence-electron chi connectivity index (χ0n) is 13.1. The van der Waals surface area contributed by atoms with Crippen molar-refractivity contribution in [3.63, 3.8) is 0 Å². The lowest BCUT2D eigenvalue weighted by Crippen LogP contribution is -2.16. The highest BCUT2D eigenvalue weighted by Gasteiger charge is 2.39. The fraction of sp³-hybridized carbons (Fsp3) is 0.562. The van der Waals surface area contributed by atoms with E-state index < -0.39 is 12.1 Å². The van der Waals surface area contributed by atoms with E-state index in [1.807, 2.05) is 6.92 Å². The molecular weight excluding hydrogens is 409 g/mol. The molecule has 3 nitrogen and oxygen atoms in total. The summed E-state index contributed by atoms with van der Waals surface area (Å²) in [6.07, 6.45) is -2.45. The monoisotopic (exact) mass is 424 g/mol. The minimum absolute atomic E-state index is 0.0103. The standard InChI is InChI=1S/C16H17BrClF3N2O/c1-8(2-5-18)11-9-3-6-22-7-4-10(9)12(17)14-13(11)23-15(24-14)16(19,20)21/h8,22H,2-7H2,1H3. The van der Waals surface area contributed by atoms with Gasteiger partial charge in [0.2, 0.25) is 0 Å². The zero-order chi connectivity index (χ0) is 17.5. The molecule has 0 aliphatic carbocycles. The Morgan fingerprint density at radius 2 is 1.96 bits per heavy atom. The third kappa shape index (κ3) is 3.18. The Hall–Kier alpha value is -0.790. The second kappa shape index (κ2) is 6.84. The Morgan fingerprint density at radius 3 is 2.58 bits per heavy atom. The van der Waals surface area contributed by atoms with Crippen LogP contribution >= 0.6 is 27.5 Å². The van der Waals surface area contributed by atoms with Gasteiger partial charge in [-0.1, -0.05) is 6.92 Å². The molecule has 2 aromatic rings. The second-order valence-electron chi connectivity index (χ2n) is 6.01. The maximum absolute atomic E-state index is 13.1. The molecule has 0 fully saturated rings. The number of halogens is 5. The number of aromatic nitrogens is 1. The van der Waals surface area contributed by atoms with E-state index in [4.69, 9.17) is 16.0 Å². The molecule has 132 valence electrons. The number of alkyl halides is 4. The van der Waals surface area contributed by atoms with Crippen LogP contribution in [0.3, 0.4) is 0 Å². The Morgan fingerprint density at radius 1 is 1.29 bits per heavy atom. The van der Waals surface area contributed by atoms with Crippen molar-refractivity contribution in [3.8, 4) is 0 Å². The average Bonchev–Trinajstić information content (AvgIpc) is 2.81. The third-order valence-electron chi connectivity index (χ3n) is 4.42. The zero-order valence-corrected chi connectivity index (χ0v) is 15.4. The number of nitrogens with one attached hydrogen (secondary N) is 1. The van der Waals surface area contributed by atoms with Gasteiger partial charge in [-0.05, 0) is 70.9 Å². The lowest BCUT2D eigenvalue weighted by atomic mass is 9.87. The number of fused-ring (bicyclic) bond motifs is 2. The summed E-state index contributed by atoms with van der Waals surface area (Å²) < 4.78 is 44.9. The summed E-state index contributed by atoms with van der Waals surface area (Å²) in [6.45, 7) is 3.54. The van der Waals surface area contributed by atoms with Crippen LogP contribution in [0.2, 0.25) is 0 Å². The molecule has 0 saturated carbocycles. The average molecular weight is 426 g/mol. The van der Waals surface area contributed by atoms with Gasteiger partial charge >= 0.3 is 12.1 Å². The number of hydrogen-bond donors (Lipinski definition) is 1. The van der Waals surface area contributed by atoms with Crippen molar-refractivity contribution >= 4 is 38.6 Å². The largest absolute Gasteiger partial charge is 0.468 e. The van der Waals surface area contributed by atoms with Crippen LogP contribution in [0.1, 0.15) is 41.8 Å². The van der Waals surface area contributed by atoms with Gasteiger partial charge in [-0.25, -0.2) is 4.98 Å². The first-order chi connectivity index (χ1) is 11.3. The van der Waals surface area contributed by atoms with Crippen molar-refractivity contribution in [3.05, 3.63) is 27.1 Å². The molecule has 1 aliphatic heterocycles. The van der Waals surface area contributed by atoms with Crippen LogP contribution < -0.4 is 5.32 Å². The summed E-state index contributed by atoms with van der Waals surface area (Å²) in [5, 5.41) is 3.32. The minimum atomic E-state index is -4.61. The van der Waals surface area contributed by atoms with Crippen LogP contribution in [0.4, 0.5) is 13.2 Å². The molecule has 1 aromatic heterocycles. The maximum atomic E-state index is 13.1. The molecule has 1 atom stereocenters. The molecule has 1 unspecified atom stereocenters. The summed E-state index contributed by atoms with van der Waals surface area (Å²) in [6, 6.07) is 0. The number of rotatable bonds is 3. The van der Waals surface area contributed by atoms with Crippen LogP contribution in [0.25, 0.3) is 11.1 Å². The fourth-order valence-electron chi connectivity index (χ4n) is 3.28. The first-order valence-electron chi connectivity index (χ1n) is 7.82. The lowest BCUT2D eigenvalue weighted by Gasteiger charge is -2.19. The highest BCUT2D eigenvalue weighted by atomic mass is 79.9. The number of oxazole rings is 1. The fourth-order valence-corrected chi connectivity index (χ4v) is 4.32. The Kier molecular flexibility index (Phi) is 5.14. The van der Waals surface area contributed by atoms with Gasteiger partial charge in [0.25, 0.3) is 0 Å². The molecule has 24 heavy (non-hydrogen) atoms. The molecule has 2 heterocycles. The van der Waals surface area contributed by atoms with Gasteiger partial charge in [-0.2, -0.15) is 13.2 Å². The Bertz CT molecular complexity index is 760. The Balaban J connectivity index is 2.32. The number of nitrogens with zero attached hydrogens (tertiary/aromatic N) is 1. The Labute approximate surface area is 151 Å². The van der Waals surface area contributed by atoms with Crippen molar-refractivity contribution < 1.29 is 17.6 Å². The van der Waals surface area contributed by atoms with E-state index in [1.54, 1.807) is 0 Å². The summed E-state index contributed by atoms with van der Waals surface area (Å²) in [4.78, 5) is 3.80. The molecule has 0 radical (unpaired) electrons. The van der Waals surface area contributed by atoms with Gasteiger partial charge in [0, 0.05) is 5.88 Å². The van der Waals surface area contributed by atoms with E-state index >= 15 is 0 Å². The van der Waals surface area contributed by atoms with Crippen molar-refractivity contribution in [1.29, 1.82) is 0 Å². The molecule has 8 heteroatoms. The molecule has 1 aliphatic rings. The molecule has 1 N–H and O–H groups in total. The first-order valence-corrected chi connectivity index (χ1v) is 9.14. The van der Waals surface area contributed by atoms with Gasteiger partial charge in [0.15, 0.2) is 5.58 Å². The van der Waals surface area contributed by atoms with Crippen LogP contribution in [-0.2, 0) is 19.0 Å². The normalized spacial score (nSPS) is 16.9. The quantitative estimate of drug-likeness (QED) is 0.701. The van der Waals surface area contributed by atoms with E-state index in [9.17, 15) is 13.2 Å².